The largest absolute Gasteiger partial charge is 0.394 e. The van der Waals surface area contributed by atoms with Crippen LogP contribution in [-0.2, 0) is 52.4 Å². The molecule has 25 heteroatoms. The molecule has 25 nitrogen and oxygen atoms in total. The van der Waals surface area contributed by atoms with Crippen LogP contribution in [0.5, 0.6) is 0 Å². The summed E-state index contributed by atoms with van der Waals surface area (Å²) >= 11 is 0. The molecule has 19 atom stereocenters. The molecule has 57 heavy (non-hydrogen) atoms. The Bertz CT molecular complexity index is 1350. The van der Waals surface area contributed by atoms with Gasteiger partial charge < -0.3 is 106 Å². The third-order valence-electron chi connectivity index (χ3n) is 9.38. The molecule has 3 aliphatic rings. The molecule has 3 fully saturated rings. The Morgan fingerprint density at radius 1 is 0.544 bits per heavy atom. The molecule has 0 saturated carbocycles. The summed E-state index contributed by atoms with van der Waals surface area (Å²) in [6.07, 6.45) is -27.9. The first kappa shape index (κ1) is 48.3. The number of aliphatic hydroxyl groups excluding tert-OH is 10. The van der Waals surface area contributed by atoms with Gasteiger partial charge in [-0.1, -0.05) is 0 Å². The van der Waals surface area contributed by atoms with Crippen molar-refractivity contribution < 1.29 is 103 Å². The van der Waals surface area contributed by atoms with Gasteiger partial charge >= 0.3 is 0 Å². The lowest BCUT2D eigenvalue weighted by Gasteiger charge is -2.48. The second-order valence-corrected chi connectivity index (χ2v) is 13.7. The lowest BCUT2D eigenvalue weighted by molar-refractivity contribution is -0.342. The Morgan fingerprint density at radius 3 is 1.16 bits per heavy atom. The standard InChI is InChI=1S/C32H54N4O21/c1-10(42)33-14(5-37)28(56-31-20(35-12(3)44)26(50)23(47)16(7-39)53-31)29(57-32-21(36-13(4)45)27(51)24(48)17(8-40)54-32)18(9-41)55-30-19(34-11(2)43)25(49)22(46)15(6-38)52-30/h5,14-32,38-41,46-51H,6-9H2,1-4H3,(H,33,42)(H,34,43)(H,35,44)(H,36,45)/t14-,15+,16+,17+,18+,19+,20+,21+,22+,23+,24+,25+,26+,27+,28+,29+,30+,31-,32+/m0/s1. The first-order valence-corrected chi connectivity index (χ1v) is 17.8. The van der Waals surface area contributed by atoms with Crippen LogP contribution in [0.3, 0.4) is 0 Å². The minimum absolute atomic E-state index is 0.114. The zero-order valence-electron chi connectivity index (χ0n) is 31.3. The van der Waals surface area contributed by atoms with E-state index in [1.54, 1.807) is 0 Å². The van der Waals surface area contributed by atoms with Crippen molar-refractivity contribution in [2.24, 2.45) is 0 Å². The van der Waals surface area contributed by atoms with Crippen molar-refractivity contribution in [3.8, 4) is 0 Å². The number of aliphatic hydroxyl groups is 10. The average Bonchev–Trinajstić information content (AvgIpc) is 3.15. The van der Waals surface area contributed by atoms with E-state index in [0.29, 0.717) is 0 Å². The second-order valence-electron chi connectivity index (χ2n) is 13.7. The molecule has 3 saturated heterocycles. The molecule has 0 aromatic carbocycles. The number of hydrogen-bond donors (Lipinski definition) is 14. The molecule has 0 bridgehead atoms. The Morgan fingerprint density at radius 2 is 0.877 bits per heavy atom. The van der Waals surface area contributed by atoms with E-state index in [2.05, 4.69) is 21.3 Å². The van der Waals surface area contributed by atoms with Crippen LogP contribution in [0.25, 0.3) is 0 Å². The van der Waals surface area contributed by atoms with Gasteiger partial charge in [0.15, 0.2) is 18.9 Å². The maximum Gasteiger partial charge on any atom is 0.217 e. The summed E-state index contributed by atoms with van der Waals surface area (Å²) in [4.78, 5) is 61.9. The fourth-order valence-electron chi connectivity index (χ4n) is 6.64. The fourth-order valence-corrected chi connectivity index (χ4v) is 6.64. The molecule has 14 N–H and O–H groups in total. The van der Waals surface area contributed by atoms with Crippen LogP contribution in [0.1, 0.15) is 27.7 Å². The van der Waals surface area contributed by atoms with Crippen molar-refractivity contribution in [3.63, 3.8) is 0 Å². The molecule has 3 heterocycles. The van der Waals surface area contributed by atoms with Gasteiger partial charge in [0.2, 0.25) is 23.6 Å². The summed E-state index contributed by atoms with van der Waals surface area (Å²) in [5.41, 5.74) is 0. The number of carbonyl (C=O) groups excluding carboxylic acids is 5. The molecule has 3 aliphatic heterocycles. The molecule has 0 aromatic heterocycles. The van der Waals surface area contributed by atoms with E-state index in [1.165, 1.54) is 0 Å². The van der Waals surface area contributed by atoms with Crippen molar-refractivity contribution in [2.75, 3.05) is 26.4 Å². The summed E-state index contributed by atoms with van der Waals surface area (Å²) < 4.78 is 35.4. The van der Waals surface area contributed by atoms with E-state index in [0.717, 1.165) is 27.7 Å². The first-order chi connectivity index (χ1) is 26.8. The monoisotopic (exact) mass is 830 g/mol. The minimum atomic E-state index is -2.11. The van der Waals surface area contributed by atoms with Gasteiger partial charge in [0.25, 0.3) is 0 Å². The van der Waals surface area contributed by atoms with Crippen molar-refractivity contribution in [1.82, 2.24) is 21.3 Å². The number of nitrogens with one attached hydrogen (secondary N) is 4. The van der Waals surface area contributed by atoms with Crippen LogP contribution in [0.2, 0.25) is 0 Å². The van der Waals surface area contributed by atoms with E-state index >= 15 is 0 Å². The van der Waals surface area contributed by atoms with Crippen molar-refractivity contribution in [3.05, 3.63) is 0 Å². The fraction of sp³-hybridized carbons (Fsp3) is 0.844. The van der Waals surface area contributed by atoms with Gasteiger partial charge in [0.05, 0.1) is 26.4 Å². The number of rotatable bonds is 18. The summed E-state index contributed by atoms with van der Waals surface area (Å²) in [6.45, 7) is 0.105. The summed E-state index contributed by atoms with van der Waals surface area (Å²) in [5, 5.41) is 115. The molecule has 4 amide bonds. The number of ether oxygens (including phenoxy) is 6. The summed E-state index contributed by atoms with van der Waals surface area (Å²) in [7, 11) is 0. The quantitative estimate of drug-likeness (QED) is 0.0570. The molecule has 328 valence electrons. The molecule has 0 aliphatic carbocycles. The average molecular weight is 831 g/mol. The van der Waals surface area contributed by atoms with Gasteiger partial charge in [0, 0.05) is 27.7 Å². The third-order valence-corrected chi connectivity index (χ3v) is 9.38. The van der Waals surface area contributed by atoms with E-state index in [9.17, 15) is 75.0 Å². The van der Waals surface area contributed by atoms with Crippen molar-refractivity contribution >= 4 is 29.9 Å². The highest BCUT2D eigenvalue weighted by Gasteiger charge is 2.53. The Balaban J connectivity index is 2.28. The Hall–Kier alpha value is -3.09. The second kappa shape index (κ2) is 21.8. The van der Waals surface area contributed by atoms with E-state index in [-0.39, 0.29) is 6.29 Å². The van der Waals surface area contributed by atoms with Crippen molar-refractivity contribution in [2.45, 2.75) is 144 Å². The zero-order valence-corrected chi connectivity index (χ0v) is 31.3. The van der Waals surface area contributed by atoms with Gasteiger partial charge in [0.1, 0.15) is 104 Å². The van der Waals surface area contributed by atoms with Crippen LogP contribution in [0, 0.1) is 0 Å². The number of aldehydes is 1. The van der Waals surface area contributed by atoms with E-state index < -0.39 is 166 Å². The highest BCUT2D eigenvalue weighted by molar-refractivity contribution is 5.77. The first-order valence-electron chi connectivity index (χ1n) is 17.8. The predicted molar refractivity (Wildman–Crippen MR) is 181 cm³/mol. The van der Waals surface area contributed by atoms with Gasteiger partial charge in [-0.3, -0.25) is 19.2 Å². The molecule has 0 radical (unpaired) electrons. The molecule has 0 unspecified atom stereocenters. The molecule has 0 spiro atoms. The Labute approximate surface area is 325 Å². The third kappa shape index (κ3) is 12.0. The van der Waals surface area contributed by atoms with Crippen LogP contribution in [-0.4, -0.2) is 224 Å². The van der Waals surface area contributed by atoms with E-state index in [1.807, 2.05) is 0 Å². The molecule has 0 aromatic rings. The lowest BCUT2D eigenvalue weighted by Crippen LogP contribution is -2.69. The molecular formula is C32H54N4O21. The number of amides is 4. The highest BCUT2D eigenvalue weighted by atomic mass is 16.7. The van der Waals surface area contributed by atoms with Gasteiger partial charge in [-0.15, -0.1) is 0 Å². The number of hydrogen-bond acceptors (Lipinski definition) is 21. The molecule has 3 rings (SSSR count). The van der Waals surface area contributed by atoms with Crippen molar-refractivity contribution in [1.29, 1.82) is 0 Å². The maximum absolute atomic E-state index is 12.8. The smallest absolute Gasteiger partial charge is 0.217 e. The summed E-state index contributed by atoms with van der Waals surface area (Å²) in [6, 6.07) is -6.94. The summed E-state index contributed by atoms with van der Waals surface area (Å²) in [5.74, 6) is -3.25. The maximum atomic E-state index is 12.8. The predicted octanol–water partition coefficient (Wildman–Crippen LogP) is -9.33. The highest BCUT2D eigenvalue weighted by Crippen LogP contribution is 2.32. The van der Waals surface area contributed by atoms with Crippen LogP contribution in [0.4, 0.5) is 0 Å². The van der Waals surface area contributed by atoms with Crippen LogP contribution < -0.4 is 21.3 Å². The Kier molecular flexibility index (Phi) is 18.4. The SMILES string of the molecule is CC(=O)N[C@H]1[C@H](O[C@@H]([C@H](O[C@H]2O[C@H](CO)[C@@H](O)[C@H](O)[C@H]2NC(C)=O)[C@@H](CO)O[C@H]2O[C@H](CO)[C@@H](O)[C@H](O)[C@H]2NC(C)=O)[C@H](C=O)NC(C)=O)O[C@H](CO)[C@@H](O)[C@@H]1O. The van der Waals surface area contributed by atoms with Gasteiger partial charge in [-0.2, -0.15) is 0 Å². The van der Waals surface area contributed by atoms with E-state index in [4.69, 9.17) is 28.4 Å². The zero-order chi connectivity index (χ0) is 42.9. The molecular weight excluding hydrogens is 776 g/mol. The van der Waals surface area contributed by atoms with Crippen LogP contribution in [0.15, 0.2) is 0 Å². The minimum Gasteiger partial charge on any atom is -0.394 e. The van der Waals surface area contributed by atoms with Crippen LogP contribution >= 0.6 is 0 Å². The van der Waals surface area contributed by atoms with Gasteiger partial charge in [-0.05, 0) is 0 Å². The van der Waals surface area contributed by atoms with Gasteiger partial charge in [-0.25, -0.2) is 0 Å². The lowest BCUT2D eigenvalue weighted by atomic mass is 9.94. The number of carbonyl (C=O) groups is 5. The topological polar surface area (TPSA) is 391 Å². The normalized spacial score (nSPS) is 37.8.